The third kappa shape index (κ3) is 20.5. The number of benzene rings is 2. The average molecular weight is 1490 g/mol. The molecule has 5 atom stereocenters. The summed E-state index contributed by atoms with van der Waals surface area (Å²) in [6, 6.07) is 3.47. The Labute approximate surface area is 411 Å². The third-order valence-electron chi connectivity index (χ3n) is 7.21. The smallest absolute Gasteiger partial charge is 0.337 e. The lowest BCUT2D eigenvalue weighted by Crippen LogP contribution is -2.48. The molecule has 1 unspecified atom stereocenters. The van der Waals surface area contributed by atoms with E-state index in [0.29, 0.717) is 78.3 Å². The van der Waals surface area contributed by atoms with Crippen LogP contribution in [0.3, 0.4) is 0 Å². The molecule has 0 radical (unpaired) electrons. The first-order valence-electron chi connectivity index (χ1n) is 16.7. The van der Waals surface area contributed by atoms with Crippen LogP contribution in [0.5, 0.6) is 0 Å². The van der Waals surface area contributed by atoms with Gasteiger partial charge < -0.3 is 75.8 Å². The number of nitrogens with one attached hydrogen (secondary N) is 3. The van der Waals surface area contributed by atoms with Gasteiger partial charge in [0.05, 0.1) is 102 Å². The van der Waals surface area contributed by atoms with Crippen LogP contribution in [0.4, 0.5) is 11.4 Å². The van der Waals surface area contributed by atoms with Crippen LogP contribution in [0.25, 0.3) is 0 Å². The van der Waals surface area contributed by atoms with E-state index >= 15 is 0 Å². The minimum Gasteiger partial charge on any atom is -0.478 e. The number of rotatable bonds is 26. The zero-order chi connectivity index (χ0) is 43.2. The van der Waals surface area contributed by atoms with Crippen LogP contribution in [0.1, 0.15) is 33.6 Å². The molecule has 0 aliphatic rings. The van der Waals surface area contributed by atoms with E-state index in [4.69, 9.17) is 39.4 Å². The standard InChI is InChI=1S/C26H28I6N2O10.C7H17NO5/c27-13-11-15(29)23(21(31)19(13)25(37)38)33-17(35)1-3-41-5-7-43-9-10-44-8-6-42-4-2-18(36)34-24-16(30)12-14(28)20(22(24)32)26(39)40;1-8-2-4(10)6(12)7(13)5(11)3-9/h11-12,17,33,35H,1-10H2,(H,34,36)(H,37,38)(H,39,40);4-13H,2-3H2,1H3/t;4-,5+,6+,7+/m.0/s1. The normalized spacial score (nSPS) is 13.8. The number of aromatic carboxylic acids is 2. The lowest BCUT2D eigenvalue weighted by molar-refractivity contribution is -0.117. The molecule has 0 aliphatic carbocycles. The second kappa shape index (κ2) is 30.6. The SMILES string of the molecule is CNC[C@H](O)[C@@H](O)[C@H](O)[C@H](O)CO.O=C(CCOCCOCCOCCOCCC(O)Nc1c(I)cc(I)c(C(=O)O)c1I)Nc1c(I)cc(I)c(C(=O)O)c1I. The third-order valence-corrected chi connectivity index (χ3v) is 12.8. The van der Waals surface area contributed by atoms with Crippen molar-refractivity contribution in [2.75, 3.05) is 83.7 Å². The molecule has 0 spiro atoms. The van der Waals surface area contributed by atoms with E-state index in [2.05, 4.69) is 61.1 Å². The van der Waals surface area contributed by atoms with Gasteiger partial charge in [0.15, 0.2) is 0 Å². The zero-order valence-corrected chi connectivity index (χ0v) is 43.2. The van der Waals surface area contributed by atoms with E-state index in [1.165, 1.54) is 0 Å². The summed E-state index contributed by atoms with van der Waals surface area (Å²) in [4.78, 5) is 35.4. The highest BCUT2D eigenvalue weighted by Crippen LogP contribution is 2.33. The molecule has 0 saturated heterocycles. The van der Waals surface area contributed by atoms with Gasteiger partial charge >= 0.3 is 11.9 Å². The van der Waals surface area contributed by atoms with Crippen molar-refractivity contribution in [1.29, 1.82) is 0 Å². The Morgan fingerprint density at radius 3 is 1.51 bits per heavy atom. The first-order chi connectivity index (χ1) is 26.9. The summed E-state index contributed by atoms with van der Waals surface area (Å²) in [6.07, 6.45) is -6.13. The molecule has 2 aromatic carbocycles. The van der Waals surface area contributed by atoms with Crippen molar-refractivity contribution >= 4 is 165 Å². The zero-order valence-electron chi connectivity index (χ0n) is 30.2. The highest BCUT2D eigenvalue weighted by molar-refractivity contribution is 14.1. The summed E-state index contributed by atoms with van der Waals surface area (Å²) in [5, 5.41) is 82.4. The number of anilines is 2. The van der Waals surface area contributed by atoms with Gasteiger partial charge in [0, 0.05) is 27.2 Å². The molecule has 24 heteroatoms. The van der Waals surface area contributed by atoms with Crippen molar-refractivity contribution < 1.29 is 74.2 Å². The van der Waals surface area contributed by atoms with Crippen molar-refractivity contribution in [3.63, 3.8) is 0 Å². The number of aliphatic hydroxyl groups excluding tert-OH is 6. The Balaban J connectivity index is 0.00000106. The topological polar surface area (TPSA) is 286 Å². The number of carboxylic acid groups (broad SMARTS) is 2. The summed E-state index contributed by atoms with van der Waals surface area (Å²) >= 11 is 12.0. The van der Waals surface area contributed by atoms with Crippen molar-refractivity contribution in [3.8, 4) is 0 Å². The first-order valence-corrected chi connectivity index (χ1v) is 23.2. The van der Waals surface area contributed by atoms with Gasteiger partial charge in [-0.1, -0.05) is 0 Å². The fourth-order valence-electron chi connectivity index (χ4n) is 4.27. The van der Waals surface area contributed by atoms with Crippen molar-refractivity contribution in [2.45, 2.75) is 43.5 Å². The molecule has 0 saturated carbocycles. The Kier molecular flexibility index (Phi) is 29.9. The van der Waals surface area contributed by atoms with Gasteiger partial charge in [0.25, 0.3) is 0 Å². The van der Waals surface area contributed by atoms with E-state index < -0.39 is 49.2 Å². The van der Waals surface area contributed by atoms with Gasteiger partial charge in [-0.25, -0.2) is 9.59 Å². The van der Waals surface area contributed by atoms with Gasteiger partial charge in [-0.15, -0.1) is 0 Å². The number of likely N-dealkylation sites (N-methyl/N-ethyl adjacent to an activating group) is 1. The Morgan fingerprint density at radius 1 is 0.632 bits per heavy atom. The summed E-state index contributed by atoms with van der Waals surface area (Å²) in [5.41, 5.74) is 1.43. The largest absolute Gasteiger partial charge is 0.478 e. The average Bonchev–Trinajstić information content (AvgIpc) is 3.14. The molecule has 0 fully saturated rings. The number of aliphatic hydroxyl groups is 6. The minimum absolute atomic E-state index is 0.0936. The van der Waals surface area contributed by atoms with Crippen molar-refractivity contribution in [1.82, 2.24) is 5.32 Å². The number of hydrogen-bond donors (Lipinski definition) is 11. The molecule has 324 valence electrons. The van der Waals surface area contributed by atoms with E-state index in [-0.39, 0.29) is 36.6 Å². The van der Waals surface area contributed by atoms with E-state index in [1.807, 2.05) is 90.4 Å². The van der Waals surface area contributed by atoms with Crippen LogP contribution in [0.15, 0.2) is 12.1 Å². The maximum atomic E-state index is 12.3. The molecule has 1 amide bonds. The number of halogens is 6. The maximum absolute atomic E-state index is 12.3. The molecule has 0 aromatic heterocycles. The lowest BCUT2D eigenvalue weighted by atomic mass is 10.0. The maximum Gasteiger partial charge on any atom is 0.337 e. The summed E-state index contributed by atoms with van der Waals surface area (Å²) in [5.74, 6) is -2.33. The van der Waals surface area contributed by atoms with Crippen LogP contribution in [-0.4, -0.2) is 162 Å². The van der Waals surface area contributed by atoms with Crippen LogP contribution < -0.4 is 16.0 Å². The monoisotopic (exact) mass is 1480 g/mol. The van der Waals surface area contributed by atoms with E-state index in [0.717, 1.165) is 7.14 Å². The fraction of sp³-hybridized carbons (Fsp3) is 0.545. The molecule has 0 aliphatic heterocycles. The minimum atomic E-state index is -1.55. The van der Waals surface area contributed by atoms with E-state index in [1.54, 1.807) is 19.2 Å². The first kappa shape index (κ1) is 55.6. The second-order valence-electron chi connectivity index (χ2n) is 11.5. The molecule has 0 bridgehead atoms. The highest BCUT2D eigenvalue weighted by Gasteiger charge is 2.29. The highest BCUT2D eigenvalue weighted by atomic mass is 127. The number of amides is 1. The van der Waals surface area contributed by atoms with Crippen molar-refractivity contribution in [3.05, 3.63) is 44.7 Å². The summed E-state index contributed by atoms with van der Waals surface area (Å²) in [6.45, 7) is 2.02. The van der Waals surface area contributed by atoms with Gasteiger partial charge in [-0.3, -0.25) is 4.79 Å². The molecule has 0 heterocycles. The molecule has 2 aromatic rings. The molecular weight excluding hydrogens is 1440 g/mol. The lowest BCUT2D eigenvalue weighted by Gasteiger charge is -2.25. The van der Waals surface area contributed by atoms with Crippen LogP contribution in [-0.2, 0) is 23.7 Å². The number of carbonyl (C=O) groups is 3. The number of ether oxygens (including phenoxy) is 4. The molecule has 18 nitrogen and oxygen atoms in total. The van der Waals surface area contributed by atoms with Crippen LogP contribution in [0.2, 0.25) is 0 Å². The van der Waals surface area contributed by atoms with Gasteiger partial charge in [-0.05, 0) is 155 Å². The van der Waals surface area contributed by atoms with Crippen molar-refractivity contribution in [2.24, 2.45) is 0 Å². The Morgan fingerprint density at radius 2 is 1.05 bits per heavy atom. The molecule has 2 rings (SSSR count). The Bertz CT molecular complexity index is 1580. The molecular formula is C33H45I6N3O15. The van der Waals surface area contributed by atoms with Crippen LogP contribution in [0, 0.1) is 21.4 Å². The summed E-state index contributed by atoms with van der Waals surface area (Å²) in [7, 11) is 1.57. The van der Waals surface area contributed by atoms with Gasteiger partial charge in [0.1, 0.15) is 24.5 Å². The van der Waals surface area contributed by atoms with Crippen LogP contribution >= 0.6 is 136 Å². The molecule has 11 N–H and O–H groups in total. The summed E-state index contributed by atoms with van der Waals surface area (Å²) < 4.78 is 25.7. The molecule has 57 heavy (non-hydrogen) atoms. The van der Waals surface area contributed by atoms with Gasteiger partial charge in [0.2, 0.25) is 5.91 Å². The number of carboxylic acids is 2. The quantitative estimate of drug-likeness (QED) is 0.0367. The van der Waals surface area contributed by atoms with Gasteiger partial charge in [-0.2, -0.15) is 0 Å². The second-order valence-corrected chi connectivity index (χ2v) is 18.3. The fourth-order valence-corrected chi connectivity index (χ4v) is 12.5. The number of hydrogen-bond acceptors (Lipinski definition) is 15. The Hall–Kier alpha value is 0.590. The number of carbonyl (C=O) groups excluding carboxylic acids is 1. The predicted octanol–water partition coefficient (Wildman–Crippen LogP) is 2.57. The van der Waals surface area contributed by atoms with E-state index in [9.17, 15) is 34.8 Å². The predicted molar refractivity (Wildman–Crippen MR) is 259 cm³/mol.